The standard InChI is InChI=1S/C12H22N4O/c1-3-6-13-7-8-14-12(17)5-4-11-9-15-16(2)10-11/h9-10,13H,3-8H2,1-2H3,(H,14,17). The van der Waals surface area contributed by atoms with Gasteiger partial charge in [-0.05, 0) is 24.9 Å². The third-order valence-corrected chi connectivity index (χ3v) is 2.45. The number of rotatable bonds is 8. The molecule has 0 bridgehead atoms. The van der Waals surface area contributed by atoms with Crippen molar-refractivity contribution in [1.82, 2.24) is 20.4 Å². The Morgan fingerprint density at radius 1 is 1.41 bits per heavy atom. The summed E-state index contributed by atoms with van der Waals surface area (Å²) in [7, 11) is 1.88. The summed E-state index contributed by atoms with van der Waals surface area (Å²) in [5, 5.41) is 10.2. The summed E-state index contributed by atoms with van der Waals surface area (Å²) < 4.78 is 1.75. The first-order valence-electron chi connectivity index (χ1n) is 6.17. The zero-order valence-electron chi connectivity index (χ0n) is 10.7. The van der Waals surface area contributed by atoms with E-state index in [9.17, 15) is 4.79 Å². The molecule has 5 nitrogen and oxygen atoms in total. The fourth-order valence-electron chi connectivity index (χ4n) is 1.54. The highest BCUT2D eigenvalue weighted by Crippen LogP contribution is 2.00. The summed E-state index contributed by atoms with van der Waals surface area (Å²) in [5.74, 6) is 0.104. The molecule has 17 heavy (non-hydrogen) atoms. The van der Waals surface area contributed by atoms with Gasteiger partial charge in [0.25, 0.3) is 0 Å². The van der Waals surface area contributed by atoms with E-state index < -0.39 is 0 Å². The fourth-order valence-corrected chi connectivity index (χ4v) is 1.54. The fraction of sp³-hybridized carbons (Fsp3) is 0.667. The number of aryl methyl sites for hydroxylation is 2. The maximum atomic E-state index is 11.5. The number of carbonyl (C=O) groups excluding carboxylic acids is 1. The van der Waals surface area contributed by atoms with Crippen LogP contribution in [0, 0.1) is 0 Å². The smallest absolute Gasteiger partial charge is 0.220 e. The lowest BCUT2D eigenvalue weighted by atomic mass is 10.2. The molecule has 0 saturated heterocycles. The monoisotopic (exact) mass is 238 g/mol. The molecule has 5 heteroatoms. The second-order valence-corrected chi connectivity index (χ2v) is 4.12. The highest BCUT2D eigenvalue weighted by Gasteiger charge is 2.02. The molecule has 2 N–H and O–H groups in total. The molecule has 1 heterocycles. The van der Waals surface area contributed by atoms with Gasteiger partial charge in [-0.25, -0.2) is 0 Å². The number of hydrogen-bond donors (Lipinski definition) is 2. The molecule has 0 spiro atoms. The quantitative estimate of drug-likeness (QED) is 0.647. The van der Waals surface area contributed by atoms with Gasteiger partial charge >= 0.3 is 0 Å². The number of amides is 1. The Labute approximate surface area is 103 Å². The number of nitrogens with one attached hydrogen (secondary N) is 2. The Balaban J connectivity index is 2.05. The van der Waals surface area contributed by atoms with Crippen LogP contribution in [0.2, 0.25) is 0 Å². The average Bonchev–Trinajstić information content (AvgIpc) is 2.72. The maximum Gasteiger partial charge on any atom is 0.220 e. The van der Waals surface area contributed by atoms with E-state index in [0.717, 1.165) is 31.5 Å². The van der Waals surface area contributed by atoms with E-state index in [1.807, 2.05) is 13.2 Å². The molecule has 1 amide bonds. The zero-order valence-corrected chi connectivity index (χ0v) is 10.7. The minimum atomic E-state index is 0.104. The average molecular weight is 238 g/mol. The van der Waals surface area contributed by atoms with Crippen molar-refractivity contribution < 1.29 is 4.79 Å². The highest BCUT2D eigenvalue weighted by atomic mass is 16.1. The van der Waals surface area contributed by atoms with E-state index in [1.54, 1.807) is 10.9 Å². The van der Waals surface area contributed by atoms with Crippen LogP contribution >= 0.6 is 0 Å². The summed E-state index contributed by atoms with van der Waals surface area (Å²) >= 11 is 0. The van der Waals surface area contributed by atoms with Crippen molar-refractivity contribution in [2.24, 2.45) is 7.05 Å². The summed E-state index contributed by atoms with van der Waals surface area (Å²) in [5.41, 5.74) is 1.10. The molecule has 0 aliphatic rings. The van der Waals surface area contributed by atoms with Gasteiger partial charge in [0.15, 0.2) is 0 Å². The lowest BCUT2D eigenvalue weighted by Crippen LogP contribution is -2.32. The predicted octanol–water partition coefficient (Wildman–Crippen LogP) is 0.469. The van der Waals surface area contributed by atoms with Gasteiger partial charge in [0, 0.05) is 32.8 Å². The van der Waals surface area contributed by atoms with Crippen LogP contribution in [-0.4, -0.2) is 35.3 Å². The van der Waals surface area contributed by atoms with Crippen molar-refractivity contribution in [3.05, 3.63) is 18.0 Å². The van der Waals surface area contributed by atoms with E-state index in [0.29, 0.717) is 13.0 Å². The van der Waals surface area contributed by atoms with Crippen molar-refractivity contribution >= 4 is 5.91 Å². The van der Waals surface area contributed by atoms with Crippen LogP contribution in [0.3, 0.4) is 0 Å². The van der Waals surface area contributed by atoms with Crippen LogP contribution in [0.4, 0.5) is 0 Å². The Morgan fingerprint density at radius 3 is 2.88 bits per heavy atom. The molecule has 0 atom stereocenters. The van der Waals surface area contributed by atoms with Gasteiger partial charge in [-0.2, -0.15) is 5.10 Å². The highest BCUT2D eigenvalue weighted by molar-refractivity contribution is 5.76. The summed E-state index contributed by atoms with van der Waals surface area (Å²) in [4.78, 5) is 11.5. The predicted molar refractivity (Wildman–Crippen MR) is 67.7 cm³/mol. The molecule has 0 saturated carbocycles. The third kappa shape index (κ3) is 6.06. The Hall–Kier alpha value is -1.36. The Bertz CT molecular complexity index is 335. The van der Waals surface area contributed by atoms with Crippen molar-refractivity contribution in [2.75, 3.05) is 19.6 Å². The van der Waals surface area contributed by atoms with Crippen LogP contribution in [0.5, 0.6) is 0 Å². The molecule has 1 rings (SSSR count). The van der Waals surface area contributed by atoms with Gasteiger partial charge in [0.1, 0.15) is 0 Å². The normalized spacial score (nSPS) is 10.5. The third-order valence-electron chi connectivity index (χ3n) is 2.45. The van der Waals surface area contributed by atoms with Crippen LogP contribution < -0.4 is 10.6 Å². The second kappa shape index (κ2) is 7.84. The molecule has 0 aromatic carbocycles. The molecule has 0 unspecified atom stereocenters. The summed E-state index contributed by atoms with van der Waals surface area (Å²) in [6.45, 7) is 4.67. The van der Waals surface area contributed by atoms with Gasteiger partial charge in [-0.3, -0.25) is 9.48 Å². The number of aromatic nitrogens is 2. The SMILES string of the molecule is CCCNCCNC(=O)CCc1cnn(C)c1. The molecule has 96 valence electrons. The molecule has 1 aromatic rings. The van der Waals surface area contributed by atoms with Crippen molar-refractivity contribution in [3.63, 3.8) is 0 Å². The number of hydrogen-bond acceptors (Lipinski definition) is 3. The van der Waals surface area contributed by atoms with E-state index in [2.05, 4.69) is 22.7 Å². The maximum absolute atomic E-state index is 11.5. The van der Waals surface area contributed by atoms with Crippen LogP contribution in [0.25, 0.3) is 0 Å². The Kier molecular flexibility index (Phi) is 6.32. The van der Waals surface area contributed by atoms with E-state index in [-0.39, 0.29) is 5.91 Å². The van der Waals surface area contributed by atoms with Gasteiger partial charge in [-0.1, -0.05) is 6.92 Å². The lowest BCUT2D eigenvalue weighted by Gasteiger charge is -2.05. The van der Waals surface area contributed by atoms with Crippen LogP contribution in [0.1, 0.15) is 25.3 Å². The molecule has 0 aliphatic heterocycles. The first-order valence-corrected chi connectivity index (χ1v) is 6.17. The molecule has 0 radical (unpaired) electrons. The zero-order chi connectivity index (χ0) is 12.5. The van der Waals surface area contributed by atoms with Gasteiger partial charge in [0.2, 0.25) is 5.91 Å². The second-order valence-electron chi connectivity index (χ2n) is 4.12. The van der Waals surface area contributed by atoms with Gasteiger partial charge in [-0.15, -0.1) is 0 Å². The van der Waals surface area contributed by atoms with Crippen LogP contribution in [-0.2, 0) is 18.3 Å². The van der Waals surface area contributed by atoms with Gasteiger partial charge in [0.05, 0.1) is 6.20 Å². The van der Waals surface area contributed by atoms with E-state index in [1.165, 1.54) is 0 Å². The first-order chi connectivity index (χ1) is 8.22. The lowest BCUT2D eigenvalue weighted by molar-refractivity contribution is -0.121. The minimum absolute atomic E-state index is 0.104. The molecular formula is C12H22N4O. The van der Waals surface area contributed by atoms with E-state index in [4.69, 9.17) is 0 Å². The van der Waals surface area contributed by atoms with Crippen molar-refractivity contribution in [2.45, 2.75) is 26.2 Å². The van der Waals surface area contributed by atoms with Crippen molar-refractivity contribution in [1.29, 1.82) is 0 Å². The van der Waals surface area contributed by atoms with Crippen molar-refractivity contribution in [3.8, 4) is 0 Å². The first kappa shape index (κ1) is 13.7. The van der Waals surface area contributed by atoms with E-state index >= 15 is 0 Å². The number of carbonyl (C=O) groups is 1. The molecule has 1 aromatic heterocycles. The van der Waals surface area contributed by atoms with Gasteiger partial charge < -0.3 is 10.6 Å². The molecular weight excluding hydrogens is 216 g/mol. The minimum Gasteiger partial charge on any atom is -0.355 e. The Morgan fingerprint density at radius 2 is 2.24 bits per heavy atom. The largest absolute Gasteiger partial charge is 0.355 e. The summed E-state index contributed by atoms with van der Waals surface area (Å²) in [6.07, 6.45) is 6.14. The number of nitrogens with zero attached hydrogens (tertiary/aromatic N) is 2. The summed E-state index contributed by atoms with van der Waals surface area (Å²) in [6, 6.07) is 0. The molecule has 0 fully saturated rings. The topological polar surface area (TPSA) is 58.9 Å². The van der Waals surface area contributed by atoms with Crippen LogP contribution in [0.15, 0.2) is 12.4 Å². The molecule has 0 aliphatic carbocycles.